The summed E-state index contributed by atoms with van der Waals surface area (Å²) in [4.78, 5) is 4.12. The van der Waals surface area contributed by atoms with Gasteiger partial charge in [-0.05, 0) is 30.4 Å². The minimum Gasteiger partial charge on any atom is -0.409 e. The number of oxime groups is 1. The van der Waals surface area contributed by atoms with Crippen molar-refractivity contribution in [1.82, 2.24) is 10.3 Å². The Hall–Kier alpha value is -1.66. The molecule has 2 atom stereocenters. The van der Waals surface area contributed by atoms with Crippen molar-refractivity contribution in [2.75, 3.05) is 6.54 Å². The van der Waals surface area contributed by atoms with Crippen LogP contribution < -0.4 is 11.1 Å². The summed E-state index contributed by atoms with van der Waals surface area (Å²) in [5, 5.41) is 25.0. The number of amidine groups is 1. The molecule has 0 spiro atoms. The van der Waals surface area contributed by atoms with Gasteiger partial charge in [0, 0.05) is 19.3 Å². The number of aliphatic hydroxyl groups excluding tert-OH is 1. The Morgan fingerprint density at radius 2 is 2.25 bits per heavy atom. The van der Waals surface area contributed by atoms with Gasteiger partial charge in [0.25, 0.3) is 0 Å². The lowest BCUT2D eigenvalue weighted by molar-refractivity contribution is 0.0695. The molecule has 0 aliphatic heterocycles. The van der Waals surface area contributed by atoms with Gasteiger partial charge in [0.05, 0.1) is 6.10 Å². The van der Waals surface area contributed by atoms with Crippen LogP contribution in [0.5, 0.6) is 0 Å². The molecule has 0 saturated heterocycles. The Morgan fingerprint density at radius 1 is 1.45 bits per heavy atom. The van der Waals surface area contributed by atoms with E-state index in [9.17, 15) is 5.11 Å². The molecule has 0 radical (unpaired) electrons. The topological polar surface area (TPSA) is 104 Å². The third kappa shape index (κ3) is 3.68. The molecule has 0 aromatic carbocycles. The van der Waals surface area contributed by atoms with E-state index < -0.39 is 0 Å². The lowest BCUT2D eigenvalue weighted by Crippen LogP contribution is -2.34. The second-order valence-electron chi connectivity index (χ2n) is 5.24. The van der Waals surface area contributed by atoms with E-state index in [-0.39, 0.29) is 11.9 Å². The number of aliphatic hydroxyl groups is 1. The summed E-state index contributed by atoms with van der Waals surface area (Å²) in [5.41, 5.74) is 6.98. The minimum absolute atomic E-state index is 0.0140. The van der Waals surface area contributed by atoms with E-state index in [1.54, 1.807) is 6.20 Å². The van der Waals surface area contributed by atoms with E-state index in [0.717, 1.165) is 31.4 Å². The molecule has 0 bridgehead atoms. The Morgan fingerprint density at radius 3 is 3.00 bits per heavy atom. The minimum atomic E-state index is -0.200. The lowest BCUT2D eigenvalue weighted by Gasteiger charge is -2.27. The molecule has 110 valence electrons. The van der Waals surface area contributed by atoms with Crippen molar-refractivity contribution >= 4 is 5.84 Å². The fourth-order valence-electron chi connectivity index (χ4n) is 2.68. The van der Waals surface area contributed by atoms with E-state index in [0.29, 0.717) is 18.2 Å². The highest BCUT2D eigenvalue weighted by Crippen LogP contribution is 2.23. The highest BCUT2D eigenvalue weighted by atomic mass is 16.4. The predicted octanol–water partition coefficient (Wildman–Crippen LogP) is 0.817. The summed E-state index contributed by atoms with van der Waals surface area (Å²) in [6.07, 6.45) is 5.68. The van der Waals surface area contributed by atoms with Crippen LogP contribution in [-0.2, 0) is 6.54 Å². The number of hydrogen-bond acceptors (Lipinski definition) is 5. The maximum Gasteiger partial charge on any atom is 0.189 e. The molecule has 2 rings (SSSR count). The van der Waals surface area contributed by atoms with Crippen molar-refractivity contribution in [3.05, 3.63) is 29.6 Å². The largest absolute Gasteiger partial charge is 0.409 e. The van der Waals surface area contributed by atoms with E-state index in [1.165, 1.54) is 6.42 Å². The van der Waals surface area contributed by atoms with Crippen molar-refractivity contribution in [2.24, 2.45) is 16.8 Å². The van der Waals surface area contributed by atoms with Crippen molar-refractivity contribution in [2.45, 2.75) is 38.3 Å². The number of rotatable bonds is 5. The van der Waals surface area contributed by atoms with Crippen LogP contribution in [0.3, 0.4) is 0 Å². The summed E-state index contributed by atoms with van der Waals surface area (Å²) in [6.45, 7) is 1.36. The average Bonchev–Trinajstić information content (AvgIpc) is 2.49. The van der Waals surface area contributed by atoms with Gasteiger partial charge >= 0.3 is 0 Å². The Labute approximate surface area is 118 Å². The first-order valence-electron chi connectivity index (χ1n) is 7.03. The van der Waals surface area contributed by atoms with Gasteiger partial charge in [0.15, 0.2) is 5.84 Å². The molecule has 1 saturated carbocycles. The molecule has 1 heterocycles. The fraction of sp³-hybridized carbons (Fsp3) is 0.571. The number of aromatic nitrogens is 1. The van der Waals surface area contributed by atoms with Crippen LogP contribution in [-0.4, -0.2) is 33.8 Å². The number of pyridine rings is 1. The third-order valence-corrected chi connectivity index (χ3v) is 3.83. The van der Waals surface area contributed by atoms with Gasteiger partial charge in [0.2, 0.25) is 0 Å². The van der Waals surface area contributed by atoms with Crippen molar-refractivity contribution in [3.63, 3.8) is 0 Å². The first-order valence-corrected chi connectivity index (χ1v) is 7.03. The van der Waals surface area contributed by atoms with Crippen LogP contribution >= 0.6 is 0 Å². The standard InChI is InChI=1S/C14H22N4O2/c15-14(18-20)13-11(5-3-7-17-13)9-16-8-10-4-1-2-6-12(10)19/h3,5,7,10,12,16,19-20H,1-2,4,6,8-9H2,(H2,15,18). The Balaban J connectivity index is 1.91. The highest BCUT2D eigenvalue weighted by molar-refractivity contribution is 5.96. The molecule has 6 heteroatoms. The van der Waals surface area contributed by atoms with Crippen LogP contribution in [0.1, 0.15) is 36.9 Å². The van der Waals surface area contributed by atoms with Crippen molar-refractivity contribution in [3.8, 4) is 0 Å². The van der Waals surface area contributed by atoms with Gasteiger partial charge in [-0.2, -0.15) is 0 Å². The zero-order valence-electron chi connectivity index (χ0n) is 11.5. The zero-order valence-corrected chi connectivity index (χ0v) is 11.5. The van der Waals surface area contributed by atoms with Gasteiger partial charge in [-0.15, -0.1) is 0 Å². The molecule has 0 amide bonds. The number of nitrogens with two attached hydrogens (primary N) is 1. The van der Waals surface area contributed by atoms with Gasteiger partial charge < -0.3 is 21.4 Å². The molecular weight excluding hydrogens is 256 g/mol. The van der Waals surface area contributed by atoms with Crippen LogP contribution in [0, 0.1) is 5.92 Å². The third-order valence-electron chi connectivity index (χ3n) is 3.83. The highest BCUT2D eigenvalue weighted by Gasteiger charge is 2.22. The van der Waals surface area contributed by atoms with Gasteiger partial charge in [0.1, 0.15) is 5.69 Å². The Kier molecular flexibility index (Phi) is 5.31. The summed E-state index contributed by atoms with van der Waals surface area (Å²) >= 11 is 0. The summed E-state index contributed by atoms with van der Waals surface area (Å²) < 4.78 is 0. The molecule has 1 aromatic rings. The summed E-state index contributed by atoms with van der Waals surface area (Å²) in [6, 6.07) is 3.71. The zero-order chi connectivity index (χ0) is 14.4. The fourth-order valence-corrected chi connectivity index (χ4v) is 2.68. The molecule has 6 nitrogen and oxygen atoms in total. The van der Waals surface area contributed by atoms with Crippen molar-refractivity contribution < 1.29 is 10.3 Å². The molecule has 5 N–H and O–H groups in total. The van der Waals surface area contributed by atoms with Crippen LogP contribution in [0.25, 0.3) is 0 Å². The normalized spacial score (nSPS) is 23.8. The molecule has 1 aliphatic carbocycles. The molecule has 2 unspecified atom stereocenters. The first kappa shape index (κ1) is 14.7. The van der Waals surface area contributed by atoms with Crippen molar-refractivity contribution in [1.29, 1.82) is 0 Å². The average molecular weight is 278 g/mol. The predicted molar refractivity (Wildman–Crippen MR) is 76.4 cm³/mol. The van der Waals surface area contributed by atoms with E-state index >= 15 is 0 Å². The van der Waals surface area contributed by atoms with Gasteiger partial charge in [-0.1, -0.05) is 24.1 Å². The summed E-state index contributed by atoms with van der Waals surface area (Å²) in [7, 11) is 0. The van der Waals surface area contributed by atoms with Gasteiger partial charge in [-0.3, -0.25) is 4.98 Å². The molecule has 20 heavy (non-hydrogen) atoms. The van der Waals surface area contributed by atoms with Gasteiger partial charge in [-0.25, -0.2) is 0 Å². The molecular formula is C14H22N4O2. The van der Waals surface area contributed by atoms with E-state index in [1.807, 2.05) is 12.1 Å². The van der Waals surface area contributed by atoms with E-state index in [2.05, 4.69) is 15.5 Å². The number of hydrogen-bond donors (Lipinski definition) is 4. The molecule has 1 fully saturated rings. The van der Waals surface area contributed by atoms with E-state index in [4.69, 9.17) is 10.9 Å². The summed E-state index contributed by atoms with van der Waals surface area (Å²) in [5.74, 6) is 0.327. The monoisotopic (exact) mass is 278 g/mol. The molecule has 1 aliphatic rings. The second-order valence-corrected chi connectivity index (χ2v) is 5.24. The first-order chi connectivity index (χ1) is 9.72. The lowest BCUT2D eigenvalue weighted by atomic mass is 9.86. The Bertz CT molecular complexity index is 464. The second kappa shape index (κ2) is 7.21. The maximum atomic E-state index is 9.92. The quantitative estimate of drug-likeness (QED) is 0.276. The van der Waals surface area contributed by atoms with Crippen LogP contribution in [0.2, 0.25) is 0 Å². The smallest absolute Gasteiger partial charge is 0.189 e. The number of nitrogens with zero attached hydrogens (tertiary/aromatic N) is 2. The maximum absolute atomic E-state index is 9.92. The number of nitrogens with one attached hydrogen (secondary N) is 1. The van der Waals surface area contributed by atoms with Crippen LogP contribution in [0.4, 0.5) is 0 Å². The SMILES string of the molecule is NC(=NO)c1ncccc1CNCC1CCCCC1O. The van der Waals surface area contributed by atoms with Crippen LogP contribution in [0.15, 0.2) is 23.5 Å². The molecule has 1 aromatic heterocycles.